The van der Waals surface area contributed by atoms with Crippen molar-refractivity contribution in [2.45, 2.75) is 19.3 Å². The number of hydrogen-bond donors (Lipinski definition) is 1. The lowest BCUT2D eigenvalue weighted by Gasteiger charge is -2.19. The van der Waals surface area contributed by atoms with Gasteiger partial charge in [0, 0.05) is 13.1 Å². The average molecular weight is 383 g/mol. The molecule has 0 aromatic heterocycles. The summed E-state index contributed by atoms with van der Waals surface area (Å²) in [6.45, 7) is 0.320. The molecule has 0 saturated heterocycles. The Morgan fingerprint density at radius 1 is 1.07 bits per heavy atom. The molecule has 2 rings (SSSR count). The highest BCUT2D eigenvalue weighted by Gasteiger charge is 2.30. The van der Waals surface area contributed by atoms with E-state index >= 15 is 0 Å². The third kappa shape index (κ3) is 6.18. The SMILES string of the molecule is COc1cc(CN(C)Cc2cccc(C(F)(F)F)c2)ccc1OCC(=O)O. The number of benzene rings is 2. The standard InChI is InChI=1S/C19H20F3NO4/c1-23(10-13-4-3-5-15(8-13)19(20,21)22)11-14-6-7-16(17(9-14)26-2)27-12-18(24)25/h3-9H,10-12H2,1-2H3,(H,24,25). The number of carboxylic acid groups (broad SMARTS) is 1. The van der Waals surface area contributed by atoms with E-state index in [0.717, 1.165) is 17.7 Å². The molecule has 1 N–H and O–H groups in total. The van der Waals surface area contributed by atoms with Gasteiger partial charge in [0.1, 0.15) is 0 Å². The summed E-state index contributed by atoms with van der Waals surface area (Å²) >= 11 is 0. The lowest BCUT2D eigenvalue weighted by atomic mass is 10.1. The maximum Gasteiger partial charge on any atom is 0.416 e. The second-order valence-corrected chi connectivity index (χ2v) is 6.04. The van der Waals surface area contributed by atoms with Gasteiger partial charge in [-0.2, -0.15) is 13.2 Å². The van der Waals surface area contributed by atoms with Crippen LogP contribution < -0.4 is 9.47 Å². The predicted molar refractivity (Wildman–Crippen MR) is 92.7 cm³/mol. The first-order valence-corrected chi connectivity index (χ1v) is 8.05. The third-order valence-corrected chi connectivity index (χ3v) is 3.74. The number of ether oxygens (including phenoxy) is 2. The summed E-state index contributed by atoms with van der Waals surface area (Å²) in [7, 11) is 3.24. The Bertz CT molecular complexity index is 793. The Morgan fingerprint density at radius 3 is 2.33 bits per heavy atom. The van der Waals surface area contributed by atoms with Crippen molar-refractivity contribution in [3.05, 3.63) is 59.2 Å². The molecule has 146 valence electrons. The quantitative estimate of drug-likeness (QED) is 0.751. The Labute approximate surface area is 154 Å². The van der Waals surface area contributed by atoms with Crippen LogP contribution in [-0.2, 0) is 24.1 Å². The van der Waals surface area contributed by atoms with Gasteiger partial charge in [-0.05, 0) is 36.4 Å². The molecule has 2 aromatic rings. The molecule has 0 aliphatic rings. The summed E-state index contributed by atoms with van der Waals surface area (Å²) in [6, 6.07) is 10.3. The number of hydrogen-bond acceptors (Lipinski definition) is 4. The number of aliphatic carboxylic acids is 1. The topological polar surface area (TPSA) is 59.0 Å². The highest BCUT2D eigenvalue weighted by Crippen LogP contribution is 2.30. The maximum atomic E-state index is 12.8. The lowest BCUT2D eigenvalue weighted by Crippen LogP contribution is -2.18. The first-order chi connectivity index (χ1) is 12.7. The zero-order valence-electron chi connectivity index (χ0n) is 14.9. The largest absolute Gasteiger partial charge is 0.493 e. The number of rotatable bonds is 8. The molecule has 2 aromatic carbocycles. The summed E-state index contributed by atoms with van der Waals surface area (Å²) in [5.74, 6) is -0.396. The van der Waals surface area contributed by atoms with Crippen LogP contribution in [0.25, 0.3) is 0 Å². The van der Waals surface area contributed by atoms with Crippen LogP contribution >= 0.6 is 0 Å². The molecule has 0 atom stereocenters. The van der Waals surface area contributed by atoms with Gasteiger partial charge in [-0.1, -0.05) is 24.3 Å². The second-order valence-electron chi connectivity index (χ2n) is 6.04. The van der Waals surface area contributed by atoms with E-state index in [0.29, 0.717) is 30.2 Å². The molecule has 0 aliphatic heterocycles. The van der Waals surface area contributed by atoms with Crippen LogP contribution in [0, 0.1) is 0 Å². The minimum Gasteiger partial charge on any atom is -0.493 e. The molecule has 0 unspecified atom stereocenters. The molecule has 0 fully saturated rings. The Hall–Kier alpha value is -2.74. The summed E-state index contributed by atoms with van der Waals surface area (Å²) in [4.78, 5) is 12.5. The highest BCUT2D eigenvalue weighted by molar-refractivity contribution is 5.68. The molecule has 0 heterocycles. The Balaban J connectivity index is 2.05. The van der Waals surface area contributed by atoms with Crippen molar-refractivity contribution in [3.8, 4) is 11.5 Å². The van der Waals surface area contributed by atoms with Gasteiger partial charge in [-0.15, -0.1) is 0 Å². The molecule has 0 bridgehead atoms. The van der Waals surface area contributed by atoms with Gasteiger partial charge in [0.2, 0.25) is 0 Å². The highest BCUT2D eigenvalue weighted by atomic mass is 19.4. The van der Waals surface area contributed by atoms with Gasteiger partial charge in [-0.3, -0.25) is 4.90 Å². The Kier molecular flexibility index (Phi) is 6.68. The van der Waals surface area contributed by atoms with Crippen LogP contribution in [0.4, 0.5) is 13.2 Å². The zero-order chi connectivity index (χ0) is 20.0. The van der Waals surface area contributed by atoms with Crippen LogP contribution in [0.1, 0.15) is 16.7 Å². The normalized spacial score (nSPS) is 11.5. The van der Waals surface area contributed by atoms with Crippen LogP contribution in [0.3, 0.4) is 0 Å². The van der Waals surface area contributed by atoms with E-state index in [2.05, 4.69) is 0 Å². The average Bonchev–Trinajstić information content (AvgIpc) is 2.59. The first-order valence-electron chi connectivity index (χ1n) is 8.05. The smallest absolute Gasteiger partial charge is 0.416 e. The fourth-order valence-corrected chi connectivity index (χ4v) is 2.59. The number of alkyl halides is 3. The molecule has 0 radical (unpaired) electrons. The molecule has 27 heavy (non-hydrogen) atoms. The van der Waals surface area contributed by atoms with Crippen molar-refractivity contribution in [1.82, 2.24) is 4.90 Å². The van der Waals surface area contributed by atoms with Crippen LogP contribution in [0.2, 0.25) is 0 Å². The van der Waals surface area contributed by atoms with Crippen molar-refractivity contribution in [2.24, 2.45) is 0 Å². The zero-order valence-corrected chi connectivity index (χ0v) is 14.9. The molecule has 0 aliphatic carbocycles. The number of methoxy groups -OCH3 is 1. The number of halogens is 3. The van der Waals surface area contributed by atoms with Crippen LogP contribution in [0.5, 0.6) is 11.5 Å². The molecule has 0 amide bonds. The van der Waals surface area contributed by atoms with Crippen molar-refractivity contribution in [2.75, 3.05) is 20.8 Å². The summed E-state index contributed by atoms with van der Waals surface area (Å²) in [5, 5.41) is 8.68. The van der Waals surface area contributed by atoms with Crippen molar-refractivity contribution in [1.29, 1.82) is 0 Å². The number of nitrogens with zero attached hydrogens (tertiary/aromatic N) is 1. The van der Waals surface area contributed by atoms with E-state index in [1.54, 1.807) is 31.3 Å². The van der Waals surface area contributed by atoms with Crippen LogP contribution in [-0.4, -0.2) is 36.7 Å². The van der Waals surface area contributed by atoms with E-state index in [4.69, 9.17) is 14.6 Å². The summed E-state index contributed by atoms with van der Waals surface area (Å²) in [5.41, 5.74) is 0.736. The van der Waals surface area contributed by atoms with Gasteiger partial charge in [0.25, 0.3) is 0 Å². The molecular formula is C19H20F3NO4. The van der Waals surface area contributed by atoms with Crippen molar-refractivity contribution >= 4 is 5.97 Å². The molecule has 5 nitrogen and oxygen atoms in total. The summed E-state index contributed by atoms with van der Waals surface area (Å²) in [6.07, 6.45) is -4.37. The minimum atomic E-state index is -4.37. The molecule has 0 spiro atoms. The number of carbonyl (C=O) groups is 1. The van der Waals surface area contributed by atoms with Gasteiger partial charge < -0.3 is 14.6 Å². The van der Waals surface area contributed by atoms with E-state index < -0.39 is 24.3 Å². The van der Waals surface area contributed by atoms with E-state index in [1.165, 1.54) is 13.2 Å². The number of carboxylic acids is 1. The molecule has 0 saturated carbocycles. The van der Waals surface area contributed by atoms with Gasteiger partial charge in [0.05, 0.1) is 12.7 Å². The Morgan fingerprint density at radius 2 is 1.74 bits per heavy atom. The monoisotopic (exact) mass is 383 g/mol. The van der Waals surface area contributed by atoms with Crippen molar-refractivity contribution in [3.63, 3.8) is 0 Å². The fourth-order valence-electron chi connectivity index (χ4n) is 2.59. The van der Waals surface area contributed by atoms with Gasteiger partial charge in [-0.25, -0.2) is 4.79 Å². The maximum absolute atomic E-state index is 12.8. The minimum absolute atomic E-state index is 0.309. The predicted octanol–water partition coefficient (Wildman–Crippen LogP) is 3.81. The summed E-state index contributed by atoms with van der Waals surface area (Å²) < 4.78 is 48.8. The van der Waals surface area contributed by atoms with E-state index in [1.807, 2.05) is 4.90 Å². The van der Waals surface area contributed by atoms with E-state index in [-0.39, 0.29) is 0 Å². The first kappa shape index (κ1) is 20.6. The van der Waals surface area contributed by atoms with E-state index in [9.17, 15) is 18.0 Å². The lowest BCUT2D eigenvalue weighted by molar-refractivity contribution is -0.139. The van der Waals surface area contributed by atoms with Gasteiger partial charge >= 0.3 is 12.1 Å². The second kappa shape index (κ2) is 8.77. The fraction of sp³-hybridized carbons (Fsp3) is 0.316. The van der Waals surface area contributed by atoms with Crippen LogP contribution in [0.15, 0.2) is 42.5 Å². The third-order valence-electron chi connectivity index (χ3n) is 3.74. The molecule has 8 heteroatoms. The van der Waals surface area contributed by atoms with Gasteiger partial charge in [0.15, 0.2) is 18.1 Å². The van der Waals surface area contributed by atoms with Crippen molar-refractivity contribution < 1.29 is 32.5 Å². The molecular weight excluding hydrogens is 363 g/mol.